The maximum Gasteiger partial charge on any atom is 0.443 e. The van der Waals surface area contributed by atoms with E-state index in [0.29, 0.717) is 11.5 Å². The van der Waals surface area contributed by atoms with E-state index in [1.807, 2.05) is 0 Å². The summed E-state index contributed by atoms with van der Waals surface area (Å²) in [4.78, 5) is 11.4. The van der Waals surface area contributed by atoms with Crippen LogP contribution in [0.25, 0.3) is 0 Å². The predicted octanol–water partition coefficient (Wildman–Crippen LogP) is 0.729. The normalized spacial score (nSPS) is 9.81. The summed E-state index contributed by atoms with van der Waals surface area (Å²) in [5.41, 5.74) is 0. The van der Waals surface area contributed by atoms with Crippen molar-refractivity contribution in [2.45, 2.75) is 0 Å². The molecule has 0 bridgehead atoms. The standard InChI is InChI=1S/C9H8N4O3/c1-15-7-2-4-8(5-3-7)16-9(14)13-6-10-11-12-13/h2-6H,1H3. The SMILES string of the molecule is COc1ccc(OC(=O)n2cnnn2)cc1. The van der Waals surface area contributed by atoms with E-state index in [9.17, 15) is 4.79 Å². The highest BCUT2D eigenvalue weighted by Gasteiger charge is 2.08. The van der Waals surface area contributed by atoms with Crippen molar-refractivity contribution in [2.24, 2.45) is 0 Å². The number of hydrogen-bond donors (Lipinski definition) is 0. The number of ether oxygens (including phenoxy) is 2. The van der Waals surface area contributed by atoms with Gasteiger partial charge in [-0.25, -0.2) is 4.79 Å². The summed E-state index contributed by atoms with van der Waals surface area (Å²) in [6.45, 7) is 0. The Kier molecular flexibility index (Phi) is 2.77. The first-order valence-corrected chi connectivity index (χ1v) is 4.39. The van der Waals surface area contributed by atoms with E-state index in [2.05, 4.69) is 15.5 Å². The van der Waals surface area contributed by atoms with E-state index in [0.717, 1.165) is 11.0 Å². The highest BCUT2D eigenvalue weighted by Crippen LogP contribution is 2.17. The second-order valence-corrected chi connectivity index (χ2v) is 2.80. The van der Waals surface area contributed by atoms with Crippen LogP contribution in [0.4, 0.5) is 4.79 Å². The Morgan fingerprint density at radius 2 is 1.94 bits per heavy atom. The molecule has 16 heavy (non-hydrogen) atoms. The molecular formula is C9H8N4O3. The molecule has 0 fully saturated rings. The van der Waals surface area contributed by atoms with E-state index < -0.39 is 6.09 Å². The lowest BCUT2D eigenvalue weighted by Gasteiger charge is -2.03. The van der Waals surface area contributed by atoms with Crippen molar-refractivity contribution in [1.82, 2.24) is 20.2 Å². The molecule has 2 aromatic rings. The van der Waals surface area contributed by atoms with Crippen LogP contribution in [0, 0.1) is 0 Å². The number of rotatable bonds is 2. The predicted molar refractivity (Wildman–Crippen MR) is 52.2 cm³/mol. The zero-order chi connectivity index (χ0) is 11.4. The van der Waals surface area contributed by atoms with Crippen molar-refractivity contribution in [2.75, 3.05) is 7.11 Å². The molecule has 2 rings (SSSR count). The number of methoxy groups -OCH3 is 1. The molecule has 7 nitrogen and oxygen atoms in total. The van der Waals surface area contributed by atoms with Crippen LogP contribution in [0.3, 0.4) is 0 Å². The van der Waals surface area contributed by atoms with Crippen molar-refractivity contribution in [3.05, 3.63) is 30.6 Å². The van der Waals surface area contributed by atoms with Gasteiger partial charge >= 0.3 is 6.09 Å². The number of hydrogen-bond acceptors (Lipinski definition) is 6. The molecule has 1 aromatic heterocycles. The zero-order valence-electron chi connectivity index (χ0n) is 8.40. The Morgan fingerprint density at radius 3 is 2.50 bits per heavy atom. The molecule has 0 atom stereocenters. The van der Waals surface area contributed by atoms with Gasteiger partial charge in [0, 0.05) is 0 Å². The Hall–Kier alpha value is -2.44. The van der Waals surface area contributed by atoms with E-state index in [-0.39, 0.29) is 0 Å². The van der Waals surface area contributed by atoms with Crippen LogP contribution in [-0.4, -0.2) is 33.4 Å². The molecular weight excluding hydrogens is 212 g/mol. The van der Waals surface area contributed by atoms with Crippen molar-refractivity contribution >= 4 is 6.09 Å². The van der Waals surface area contributed by atoms with E-state index in [1.54, 1.807) is 31.4 Å². The fourth-order valence-electron chi connectivity index (χ4n) is 1.04. The van der Waals surface area contributed by atoms with Crippen LogP contribution in [0.5, 0.6) is 11.5 Å². The van der Waals surface area contributed by atoms with Crippen molar-refractivity contribution < 1.29 is 14.3 Å². The minimum absolute atomic E-state index is 0.390. The fraction of sp³-hybridized carbons (Fsp3) is 0.111. The smallest absolute Gasteiger partial charge is 0.443 e. The summed E-state index contributed by atoms with van der Waals surface area (Å²) in [6, 6.07) is 6.59. The Balaban J connectivity index is 2.06. The Labute approximate surface area is 90.6 Å². The fourth-order valence-corrected chi connectivity index (χ4v) is 1.04. The van der Waals surface area contributed by atoms with Gasteiger partial charge in [0.25, 0.3) is 0 Å². The van der Waals surface area contributed by atoms with Gasteiger partial charge in [0.15, 0.2) is 6.33 Å². The van der Waals surface area contributed by atoms with E-state index in [1.165, 1.54) is 0 Å². The number of aromatic nitrogens is 4. The van der Waals surface area contributed by atoms with E-state index in [4.69, 9.17) is 9.47 Å². The van der Waals surface area contributed by atoms with Gasteiger partial charge in [-0.1, -0.05) is 0 Å². The summed E-state index contributed by atoms with van der Waals surface area (Å²) in [6.07, 6.45) is 0.487. The Bertz CT molecular complexity index is 466. The molecule has 0 aliphatic heterocycles. The van der Waals surface area contributed by atoms with Crippen LogP contribution >= 0.6 is 0 Å². The van der Waals surface area contributed by atoms with Crippen LogP contribution in [0.1, 0.15) is 0 Å². The molecule has 0 radical (unpaired) electrons. The van der Waals surface area contributed by atoms with Crippen molar-refractivity contribution in [1.29, 1.82) is 0 Å². The summed E-state index contributed by atoms with van der Waals surface area (Å²) in [5.74, 6) is 1.07. The number of benzene rings is 1. The minimum atomic E-state index is -0.671. The molecule has 0 saturated carbocycles. The molecule has 0 spiro atoms. The third kappa shape index (κ3) is 2.14. The average Bonchev–Trinajstić information content (AvgIpc) is 2.83. The summed E-state index contributed by atoms with van der Waals surface area (Å²) in [5, 5.41) is 10.1. The van der Waals surface area contributed by atoms with Gasteiger partial charge in [-0.2, -0.15) is 0 Å². The number of tetrazole rings is 1. The molecule has 1 heterocycles. The quantitative estimate of drug-likeness (QED) is 0.694. The lowest BCUT2D eigenvalue weighted by molar-refractivity contribution is 0.198. The molecule has 7 heteroatoms. The number of carbonyl (C=O) groups excluding carboxylic acids is 1. The van der Waals surface area contributed by atoms with Gasteiger partial charge in [-0.15, -0.1) is 9.78 Å². The monoisotopic (exact) mass is 220 g/mol. The van der Waals surface area contributed by atoms with Crippen LogP contribution in [-0.2, 0) is 0 Å². The lowest BCUT2D eigenvalue weighted by atomic mass is 10.3. The first-order chi connectivity index (χ1) is 7.79. The molecule has 82 valence electrons. The second-order valence-electron chi connectivity index (χ2n) is 2.80. The largest absolute Gasteiger partial charge is 0.497 e. The van der Waals surface area contributed by atoms with Gasteiger partial charge < -0.3 is 9.47 Å². The first kappa shape index (κ1) is 10.1. The molecule has 0 saturated heterocycles. The third-order valence-corrected chi connectivity index (χ3v) is 1.80. The van der Waals surface area contributed by atoms with Gasteiger partial charge in [0.05, 0.1) is 7.11 Å². The molecule has 0 unspecified atom stereocenters. The second kappa shape index (κ2) is 4.39. The lowest BCUT2D eigenvalue weighted by Crippen LogP contribution is -2.17. The number of carbonyl (C=O) groups is 1. The van der Waals surface area contributed by atoms with E-state index >= 15 is 0 Å². The van der Waals surface area contributed by atoms with Gasteiger partial charge in [-0.3, -0.25) is 0 Å². The highest BCUT2D eigenvalue weighted by molar-refractivity contribution is 5.71. The van der Waals surface area contributed by atoms with Crippen LogP contribution in [0.2, 0.25) is 0 Å². The molecule has 0 aliphatic carbocycles. The molecule has 0 aliphatic rings. The van der Waals surface area contributed by atoms with Crippen LogP contribution < -0.4 is 9.47 Å². The Morgan fingerprint density at radius 1 is 1.25 bits per heavy atom. The van der Waals surface area contributed by atoms with Crippen molar-refractivity contribution in [3.8, 4) is 11.5 Å². The summed E-state index contributed by atoms with van der Waals surface area (Å²) in [7, 11) is 1.56. The van der Waals surface area contributed by atoms with Gasteiger partial charge in [0.1, 0.15) is 11.5 Å². The highest BCUT2D eigenvalue weighted by atomic mass is 16.6. The molecule has 1 aromatic carbocycles. The maximum atomic E-state index is 11.4. The van der Waals surface area contributed by atoms with Crippen molar-refractivity contribution in [3.63, 3.8) is 0 Å². The maximum absolute atomic E-state index is 11.4. The zero-order valence-corrected chi connectivity index (χ0v) is 8.40. The topological polar surface area (TPSA) is 79.1 Å². The molecule has 0 N–H and O–H groups in total. The summed E-state index contributed by atoms with van der Waals surface area (Å²) >= 11 is 0. The van der Waals surface area contributed by atoms with Gasteiger partial charge in [0.2, 0.25) is 0 Å². The summed E-state index contributed by atoms with van der Waals surface area (Å²) < 4.78 is 10.8. The average molecular weight is 220 g/mol. The van der Waals surface area contributed by atoms with Gasteiger partial charge in [-0.05, 0) is 34.7 Å². The minimum Gasteiger partial charge on any atom is -0.497 e. The molecule has 0 amide bonds. The van der Waals surface area contributed by atoms with Crippen LogP contribution in [0.15, 0.2) is 30.6 Å². The first-order valence-electron chi connectivity index (χ1n) is 4.39. The third-order valence-electron chi connectivity index (χ3n) is 1.80. The number of nitrogens with zero attached hydrogens (tertiary/aromatic N) is 4.